The normalized spacial score (nSPS) is 26.0. The van der Waals surface area contributed by atoms with Gasteiger partial charge in [0.15, 0.2) is 0 Å². The fourth-order valence-electron chi connectivity index (χ4n) is 6.22. The topological polar surface area (TPSA) is 101 Å². The van der Waals surface area contributed by atoms with Gasteiger partial charge in [-0.25, -0.2) is 4.90 Å². The van der Waals surface area contributed by atoms with Crippen LogP contribution >= 0.6 is 0 Å². The number of carboxylic acids is 1. The van der Waals surface area contributed by atoms with Crippen LogP contribution in [0.2, 0.25) is 0 Å². The van der Waals surface area contributed by atoms with Gasteiger partial charge in [0.05, 0.1) is 17.5 Å². The molecule has 0 radical (unpaired) electrons. The Morgan fingerprint density at radius 2 is 1.41 bits per heavy atom. The predicted molar refractivity (Wildman–Crippen MR) is 120 cm³/mol. The summed E-state index contributed by atoms with van der Waals surface area (Å²) in [6.07, 6.45) is 0. The largest absolute Gasteiger partial charge is 0.480 e. The Hall–Kier alpha value is -4.26. The molecule has 2 amide bonds. The summed E-state index contributed by atoms with van der Waals surface area (Å²) in [6, 6.07) is 20.5. The fraction of sp³-hybridized carbons (Fsp3) is 0.185. The summed E-state index contributed by atoms with van der Waals surface area (Å²) in [7, 11) is 0. The van der Waals surface area contributed by atoms with E-state index in [1.807, 2.05) is 24.3 Å². The highest BCUT2D eigenvalue weighted by molar-refractivity contribution is 6.25. The molecule has 3 aromatic carbocycles. The molecule has 1 aliphatic heterocycles. The van der Waals surface area contributed by atoms with Crippen molar-refractivity contribution in [3.8, 4) is 5.75 Å². The van der Waals surface area contributed by atoms with Gasteiger partial charge in [0.25, 0.3) is 0 Å². The molecule has 3 aromatic rings. The molecule has 7 nitrogen and oxygen atoms in total. The number of hydrogen-bond donors (Lipinski definition) is 1. The first kappa shape index (κ1) is 20.4. The molecule has 0 spiro atoms. The number of esters is 1. The average Bonchev–Trinajstić information content (AvgIpc) is 3.10. The quantitative estimate of drug-likeness (QED) is 0.371. The number of imide groups is 1. The van der Waals surface area contributed by atoms with E-state index in [1.165, 1.54) is 31.2 Å². The van der Waals surface area contributed by atoms with Gasteiger partial charge in [0.2, 0.25) is 11.8 Å². The average molecular weight is 453 g/mol. The number of amides is 2. The Kier molecular flexibility index (Phi) is 4.11. The summed E-state index contributed by atoms with van der Waals surface area (Å²) < 4.78 is 5.05. The van der Waals surface area contributed by atoms with Crippen LogP contribution < -0.4 is 9.64 Å². The zero-order valence-corrected chi connectivity index (χ0v) is 18.1. The summed E-state index contributed by atoms with van der Waals surface area (Å²) in [5.74, 6) is -4.62. The Morgan fingerprint density at radius 3 is 1.94 bits per heavy atom. The number of rotatable bonds is 3. The molecule has 4 aliphatic rings. The molecule has 0 aromatic heterocycles. The third kappa shape index (κ3) is 2.36. The second-order valence-electron chi connectivity index (χ2n) is 8.87. The molecule has 3 aliphatic carbocycles. The summed E-state index contributed by atoms with van der Waals surface area (Å²) in [4.78, 5) is 53.1. The van der Waals surface area contributed by atoms with E-state index in [2.05, 4.69) is 0 Å². The standard InChI is InChI=1S/C27H19NO6/c1-14(29)34-16-12-10-15(11-13-16)28-24(30)22-21-17-6-2-4-8-19(17)27(26(32)33,23(22)25(28)31)20-9-5-3-7-18(20)21/h2-13,21-23H,1H3,(H,32,33)/t21?,22-,23+,27?/m0/s1. The van der Waals surface area contributed by atoms with Gasteiger partial charge in [-0.1, -0.05) is 48.5 Å². The number of nitrogens with zero attached hydrogens (tertiary/aromatic N) is 1. The summed E-state index contributed by atoms with van der Waals surface area (Å²) >= 11 is 0. The van der Waals surface area contributed by atoms with E-state index >= 15 is 0 Å². The Bertz CT molecular complexity index is 1360. The molecule has 34 heavy (non-hydrogen) atoms. The second-order valence-corrected chi connectivity index (χ2v) is 8.87. The van der Waals surface area contributed by atoms with E-state index in [0.717, 1.165) is 16.0 Å². The van der Waals surface area contributed by atoms with E-state index in [1.54, 1.807) is 24.3 Å². The molecular formula is C27H19NO6. The molecule has 1 heterocycles. The summed E-state index contributed by atoms with van der Waals surface area (Å²) in [6.45, 7) is 1.28. The van der Waals surface area contributed by atoms with Gasteiger partial charge >= 0.3 is 11.9 Å². The number of carbonyl (C=O) groups is 4. The van der Waals surface area contributed by atoms with Crippen LogP contribution in [0, 0.1) is 11.8 Å². The van der Waals surface area contributed by atoms with E-state index in [9.17, 15) is 24.3 Å². The summed E-state index contributed by atoms with van der Waals surface area (Å²) in [5.41, 5.74) is 1.34. The van der Waals surface area contributed by atoms with Crippen molar-refractivity contribution in [3.05, 3.63) is 95.1 Å². The van der Waals surface area contributed by atoms with Gasteiger partial charge in [-0.2, -0.15) is 0 Å². The van der Waals surface area contributed by atoms with Crippen LogP contribution in [0.15, 0.2) is 72.8 Å². The highest BCUT2D eigenvalue weighted by Gasteiger charge is 2.71. The van der Waals surface area contributed by atoms with Crippen molar-refractivity contribution in [1.29, 1.82) is 0 Å². The molecule has 7 rings (SSSR count). The lowest BCUT2D eigenvalue weighted by Crippen LogP contribution is -2.57. The molecule has 1 saturated heterocycles. The number of benzene rings is 3. The minimum absolute atomic E-state index is 0.287. The highest BCUT2D eigenvalue weighted by atomic mass is 16.5. The van der Waals surface area contributed by atoms with Gasteiger partial charge in [-0.15, -0.1) is 0 Å². The molecule has 1 fully saturated rings. The first-order valence-electron chi connectivity index (χ1n) is 11.0. The predicted octanol–water partition coefficient (Wildman–Crippen LogP) is 3.25. The van der Waals surface area contributed by atoms with Crippen LogP contribution in [-0.2, 0) is 24.6 Å². The van der Waals surface area contributed by atoms with Gasteiger partial charge in [-0.05, 0) is 46.5 Å². The number of carboxylic acid groups (broad SMARTS) is 1. The third-order valence-corrected chi connectivity index (χ3v) is 7.31. The van der Waals surface area contributed by atoms with Crippen molar-refractivity contribution >= 4 is 29.4 Å². The molecule has 168 valence electrons. The maximum absolute atomic E-state index is 13.9. The summed E-state index contributed by atoms with van der Waals surface area (Å²) in [5, 5.41) is 10.7. The van der Waals surface area contributed by atoms with Gasteiger partial charge in [0.1, 0.15) is 11.2 Å². The minimum atomic E-state index is -1.66. The molecular weight excluding hydrogens is 434 g/mol. The van der Waals surface area contributed by atoms with Crippen molar-refractivity contribution in [2.45, 2.75) is 18.3 Å². The van der Waals surface area contributed by atoms with Crippen molar-refractivity contribution in [2.75, 3.05) is 4.90 Å². The molecule has 7 heteroatoms. The Balaban J connectivity index is 1.56. The van der Waals surface area contributed by atoms with Crippen LogP contribution in [0.3, 0.4) is 0 Å². The van der Waals surface area contributed by atoms with Crippen LogP contribution in [0.4, 0.5) is 5.69 Å². The van der Waals surface area contributed by atoms with Crippen molar-refractivity contribution in [1.82, 2.24) is 0 Å². The van der Waals surface area contributed by atoms with Gasteiger partial charge in [0, 0.05) is 12.8 Å². The van der Waals surface area contributed by atoms with Crippen LogP contribution in [0.1, 0.15) is 35.1 Å². The molecule has 0 unspecified atom stereocenters. The Labute approximate surface area is 194 Å². The SMILES string of the molecule is CC(=O)Oc1ccc(N2C(=O)[C@H]3C4c5ccccc5C(C(=O)O)(c5ccccc54)[C@H]3C2=O)cc1. The highest BCUT2D eigenvalue weighted by Crippen LogP contribution is 2.64. The monoisotopic (exact) mass is 453 g/mol. The lowest BCUT2D eigenvalue weighted by Gasteiger charge is -2.51. The number of aliphatic carboxylic acids is 1. The Morgan fingerprint density at radius 1 is 0.853 bits per heavy atom. The minimum Gasteiger partial charge on any atom is -0.480 e. The first-order chi connectivity index (χ1) is 16.4. The van der Waals surface area contributed by atoms with Gasteiger partial charge < -0.3 is 9.84 Å². The van der Waals surface area contributed by atoms with E-state index in [-0.39, 0.29) is 5.75 Å². The van der Waals surface area contributed by atoms with E-state index < -0.39 is 46.9 Å². The molecule has 0 saturated carbocycles. The zero-order chi connectivity index (χ0) is 23.8. The maximum Gasteiger partial charge on any atom is 0.319 e. The second kappa shape index (κ2) is 6.87. The number of anilines is 1. The zero-order valence-electron chi connectivity index (χ0n) is 18.1. The number of ether oxygens (including phenoxy) is 1. The number of carbonyl (C=O) groups excluding carboxylic acids is 3. The van der Waals surface area contributed by atoms with Gasteiger partial charge in [-0.3, -0.25) is 19.2 Å². The number of hydrogen-bond acceptors (Lipinski definition) is 5. The van der Waals surface area contributed by atoms with Crippen molar-refractivity contribution in [3.63, 3.8) is 0 Å². The third-order valence-electron chi connectivity index (χ3n) is 7.31. The molecule has 2 bridgehead atoms. The van der Waals surface area contributed by atoms with E-state index in [4.69, 9.17) is 4.74 Å². The molecule has 1 N–H and O–H groups in total. The van der Waals surface area contributed by atoms with Crippen LogP contribution in [0.25, 0.3) is 0 Å². The van der Waals surface area contributed by atoms with Crippen molar-refractivity contribution in [2.24, 2.45) is 11.8 Å². The van der Waals surface area contributed by atoms with Crippen LogP contribution in [0.5, 0.6) is 5.75 Å². The maximum atomic E-state index is 13.9. The fourth-order valence-corrected chi connectivity index (χ4v) is 6.22. The van der Waals surface area contributed by atoms with Crippen molar-refractivity contribution < 1.29 is 29.0 Å². The first-order valence-corrected chi connectivity index (χ1v) is 11.0. The van der Waals surface area contributed by atoms with Crippen LogP contribution in [-0.4, -0.2) is 28.9 Å². The molecule has 2 atom stereocenters. The van der Waals surface area contributed by atoms with E-state index in [0.29, 0.717) is 16.8 Å². The smallest absolute Gasteiger partial charge is 0.319 e. The lowest BCUT2D eigenvalue weighted by atomic mass is 9.47. The lowest BCUT2D eigenvalue weighted by molar-refractivity contribution is -0.149.